The average molecular weight is 461 g/mol. The van der Waals surface area contributed by atoms with E-state index in [2.05, 4.69) is 37.2 Å². The van der Waals surface area contributed by atoms with Crippen LogP contribution in [0.25, 0.3) is 0 Å². The van der Waals surface area contributed by atoms with E-state index in [-0.39, 0.29) is 18.5 Å². The van der Waals surface area contributed by atoms with Gasteiger partial charge in [0, 0.05) is 15.4 Å². The van der Waals surface area contributed by atoms with Crippen LogP contribution in [0.5, 0.6) is 0 Å². The third kappa shape index (κ3) is 6.20. The van der Waals surface area contributed by atoms with Gasteiger partial charge in [-0.05, 0) is 68.8 Å². The van der Waals surface area contributed by atoms with Crippen LogP contribution in [0.2, 0.25) is 0 Å². The Morgan fingerprint density at radius 1 is 1.17 bits per heavy atom. The van der Waals surface area contributed by atoms with Gasteiger partial charge in [0.2, 0.25) is 0 Å². The number of carbonyl (C=O) groups excluding carboxylic acids is 2. The number of hydrogen-bond acceptors (Lipinski definition) is 3. The lowest BCUT2D eigenvalue weighted by atomic mass is 9.86. The molecule has 24 heavy (non-hydrogen) atoms. The number of rotatable bonds is 6. The summed E-state index contributed by atoms with van der Waals surface area (Å²) >= 11 is 6.85. The van der Waals surface area contributed by atoms with Crippen molar-refractivity contribution in [1.82, 2.24) is 0 Å². The van der Waals surface area contributed by atoms with E-state index in [1.54, 1.807) is 0 Å². The highest BCUT2D eigenvalue weighted by Crippen LogP contribution is 2.32. The minimum atomic E-state index is -0.341. The van der Waals surface area contributed by atoms with Crippen LogP contribution in [0.3, 0.4) is 0 Å². The van der Waals surface area contributed by atoms with E-state index in [1.807, 2.05) is 19.1 Å². The molecule has 4 nitrogen and oxygen atoms in total. The zero-order chi connectivity index (χ0) is 17.5. The number of esters is 1. The molecule has 132 valence electrons. The van der Waals surface area contributed by atoms with E-state index in [4.69, 9.17) is 4.74 Å². The number of amides is 1. The second kappa shape index (κ2) is 9.56. The van der Waals surface area contributed by atoms with Crippen molar-refractivity contribution in [3.63, 3.8) is 0 Å². The minimum absolute atomic E-state index is 0.254. The predicted molar refractivity (Wildman–Crippen MR) is 102 cm³/mol. The first-order chi connectivity index (χ1) is 11.5. The number of ether oxygens (including phenoxy) is 1. The lowest BCUT2D eigenvalue weighted by Gasteiger charge is -2.20. The molecule has 0 unspecified atom stereocenters. The molecule has 1 aromatic carbocycles. The Morgan fingerprint density at radius 3 is 2.42 bits per heavy atom. The number of halogens is 2. The molecular weight excluding hydrogens is 438 g/mol. The maximum atomic E-state index is 12.0. The van der Waals surface area contributed by atoms with Crippen molar-refractivity contribution in [2.24, 2.45) is 5.92 Å². The van der Waals surface area contributed by atoms with E-state index in [1.165, 1.54) is 32.1 Å². The van der Waals surface area contributed by atoms with Gasteiger partial charge < -0.3 is 10.1 Å². The minimum Gasteiger partial charge on any atom is -0.456 e. The zero-order valence-electron chi connectivity index (χ0n) is 13.9. The maximum absolute atomic E-state index is 12.0. The summed E-state index contributed by atoms with van der Waals surface area (Å²) in [5, 5.41) is 2.76. The van der Waals surface area contributed by atoms with Crippen LogP contribution in [-0.4, -0.2) is 18.5 Å². The van der Waals surface area contributed by atoms with Gasteiger partial charge in [-0.3, -0.25) is 9.59 Å². The van der Waals surface area contributed by atoms with Crippen LogP contribution in [0.15, 0.2) is 21.1 Å². The fourth-order valence-corrected chi connectivity index (χ4v) is 4.62. The van der Waals surface area contributed by atoms with Crippen LogP contribution in [0.4, 0.5) is 5.69 Å². The molecule has 0 heterocycles. The molecular formula is C18H23Br2NO3. The largest absolute Gasteiger partial charge is 0.456 e. The third-order valence-electron chi connectivity index (χ3n) is 4.30. The summed E-state index contributed by atoms with van der Waals surface area (Å²) in [6.07, 6.45) is 7.54. The summed E-state index contributed by atoms with van der Waals surface area (Å²) in [7, 11) is 0. The summed E-state index contributed by atoms with van der Waals surface area (Å²) in [5.74, 6) is 0.00336. The zero-order valence-corrected chi connectivity index (χ0v) is 17.0. The van der Waals surface area contributed by atoms with Crippen molar-refractivity contribution in [1.29, 1.82) is 0 Å². The first kappa shape index (κ1) is 19.4. The van der Waals surface area contributed by atoms with Crippen molar-refractivity contribution in [2.75, 3.05) is 11.9 Å². The molecule has 0 bridgehead atoms. The Labute approximate surface area is 160 Å². The smallest absolute Gasteiger partial charge is 0.306 e. The first-order valence-corrected chi connectivity index (χ1v) is 9.95. The van der Waals surface area contributed by atoms with Crippen LogP contribution in [0, 0.1) is 12.8 Å². The molecule has 0 saturated heterocycles. The maximum Gasteiger partial charge on any atom is 0.306 e. The third-order valence-corrected chi connectivity index (χ3v) is 5.55. The van der Waals surface area contributed by atoms with Gasteiger partial charge in [0.25, 0.3) is 5.91 Å². The molecule has 1 aliphatic carbocycles. The fraction of sp³-hybridized carbons (Fsp3) is 0.556. The summed E-state index contributed by atoms with van der Waals surface area (Å²) < 4.78 is 6.66. The molecule has 1 fully saturated rings. The molecule has 0 radical (unpaired) electrons. The standard InChI is InChI=1S/C18H23Br2NO3/c1-12-9-14(19)18(15(20)10-12)21-16(22)11-24-17(23)8-7-13-5-3-2-4-6-13/h9-10,13H,2-8,11H2,1H3,(H,21,22). The number of aryl methyl sites for hydroxylation is 1. The van der Waals surface area contributed by atoms with E-state index < -0.39 is 0 Å². The van der Waals surface area contributed by atoms with Crippen molar-refractivity contribution < 1.29 is 14.3 Å². The van der Waals surface area contributed by atoms with Crippen molar-refractivity contribution in [2.45, 2.75) is 51.9 Å². The molecule has 6 heteroatoms. The molecule has 1 aromatic rings. The molecule has 1 N–H and O–H groups in total. The van der Waals surface area contributed by atoms with Crippen molar-refractivity contribution >= 4 is 49.4 Å². The lowest BCUT2D eigenvalue weighted by Crippen LogP contribution is -2.21. The van der Waals surface area contributed by atoms with E-state index in [0.29, 0.717) is 18.0 Å². The molecule has 1 saturated carbocycles. The van der Waals surface area contributed by atoms with Gasteiger partial charge in [-0.1, -0.05) is 32.1 Å². The molecule has 0 spiro atoms. The van der Waals surface area contributed by atoms with E-state index in [9.17, 15) is 9.59 Å². The summed E-state index contributed by atoms with van der Waals surface area (Å²) in [6, 6.07) is 3.83. The highest BCUT2D eigenvalue weighted by atomic mass is 79.9. The summed E-state index contributed by atoms with van der Waals surface area (Å²) in [4.78, 5) is 23.8. The Bertz CT molecular complexity index is 575. The highest BCUT2D eigenvalue weighted by molar-refractivity contribution is 9.11. The summed E-state index contributed by atoms with van der Waals surface area (Å²) in [5.41, 5.74) is 1.71. The topological polar surface area (TPSA) is 55.4 Å². The molecule has 1 aliphatic rings. The Balaban J connectivity index is 1.73. The quantitative estimate of drug-likeness (QED) is 0.581. The van der Waals surface area contributed by atoms with Crippen LogP contribution in [-0.2, 0) is 14.3 Å². The van der Waals surface area contributed by atoms with Gasteiger partial charge in [0.1, 0.15) is 0 Å². The van der Waals surface area contributed by atoms with Crippen LogP contribution in [0.1, 0.15) is 50.5 Å². The SMILES string of the molecule is Cc1cc(Br)c(NC(=O)COC(=O)CCC2CCCCC2)c(Br)c1. The molecule has 0 aromatic heterocycles. The van der Waals surface area contributed by atoms with E-state index >= 15 is 0 Å². The Morgan fingerprint density at radius 2 is 1.79 bits per heavy atom. The average Bonchev–Trinajstić information content (AvgIpc) is 2.55. The van der Waals surface area contributed by atoms with Crippen molar-refractivity contribution in [3.05, 3.63) is 26.6 Å². The van der Waals surface area contributed by atoms with Gasteiger partial charge in [-0.2, -0.15) is 0 Å². The van der Waals surface area contributed by atoms with Gasteiger partial charge >= 0.3 is 5.97 Å². The normalized spacial score (nSPS) is 15.1. The molecule has 1 amide bonds. The molecule has 0 atom stereocenters. The highest BCUT2D eigenvalue weighted by Gasteiger charge is 2.16. The van der Waals surface area contributed by atoms with Crippen LogP contribution >= 0.6 is 31.9 Å². The number of carbonyl (C=O) groups is 2. The second-order valence-corrected chi connectivity index (χ2v) is 8.06. The second-order valence-electron chi connectivity index (χ2n) is 6.36. The first-order valence-electron chi connectivity index (χ1n) is 8.37. The fourth-order valence-electron chi connectivity index (χ4n) is 3.01. The number of benzene rings is 1. The predicted octanol–water partition coefficient (Wildman–Crippen LogP) is 5.36. The number of anilines is 1. The summed E-state index contributed by atoms with van der Waals surface area (Å²) in [6.45, 7) is 1.71. The monoisotopic (exact) mass is 459 g/mol. The Hall–Kier alpha value is -0.880. The number of nitrogens with one attached hydrogen (secondary N) is 1. The number of hydrogen-bond donors (Lipinski definition) is 1. The van der Waals surface area contributed by atoms with Gasteiger partial charge in [0.15, 0.2) is 6.61 Å². The van der Waals surface area contributed by atoms with E-state index in [0.717, 1.165) is 20.9 Å². The van der Waals surface area contributed by atoms with Gasteiger partial charge in [-0.25, -0.2) is 0 Å². The van der Waals surface area contributed by atoms with Crippen LogP contribution < -0.4 is 5.32 Å². The van der Waals surface area contributed by atoms with Gasteiger partial charge in [0.05, 0.1) is 5.69 Å². The van der Waals surface area contributed by atoms with Crippen molar-refractivity contribution in [3.8, 4) is 0 Å². The van der Waals surface area contributed by atoms with Gasteiger partial charge in [-0.15, -0.1) is 0 Å². The molecule has 2 rings (SSSR count). The Kier molecular flexibility index (Phi) is 7.75. The molecule has 0 aliphatic heterocycles. The lowest BCUT2D eigenvalue weighted by molar-refractivity contribution is -0.147.